The number of piperidine rings is 1. The Hall–Kier alpha value is -2.63. The van der Waals surface area contributed by atoms with Crippen LogP contribution in [0.4, 0.5) is 0 Å². The summed E-state index contributed by atoms with van der Waals surface area (Å²) in [4.78, 5) is 15.1. The molecule has 2 aliphatic heterocycles. The van der Waals surface area contributed by atoms with Gasteiger partial charge in [0.2, 0.25) is 0 Å². The van der Waals surface area contributed by atoms with Gasteiger partial charge < -0.3 is 15.4 Å². The SMILES string of the molecule is CC.CCCNC(=O)c1ccc2c(c1)C(c1ccc(CN(CC)CC)cc1)=CC1(CCNCC1)O2. The van der Waals surface area contributed by atoms with Crippen molar-refractivity contribution in [2.24, 2.45) is 0 Å². The Bertz CT molecular complexity index is 987. The lowest BCUT2D eigenvalue weighted by molar-refractivity contribution is 0.0816. The summed E-state index contributed by atoms with van der Waals surface area (Å²) in [7, 11) is 0. The molecule has 0 bridgehead atoms. The quantitative estimate of drug-likeness (QED) is 0.517. The number of nitrogens with zero attached hydrogens (tertiary/aromatic N) is 1. The van der Waals surface area contributed by atoms with Crippen molar-refractivity contribution >= 4 is 11.5 Å². The van der Waals surface area contributed by atoms with Gasteiger partial charge in [0.25, 0.3) is 5.91 Å². The fourth-order valence-corrected chi connectivity index (χ4v) is 4.73. The Morgan fingerprint density at radius 3 is 2.34 bits per heavy atom. The molecule has 0 saturated carbocycles. The van der Waals surface area contributed by atoms with Crippen LogP contribution in [0.3, 0.4) is 0 Å². The molecule has 2 aromatic carbocycles. The molecule has 2 aromatic rings. The van der Waals surface area contributed by atoms with Crippen LogP contribution in [0.1, 0.15) is 80.9 Å². The number of amides is 1. The Labute approximate surface area is 211 Å². The molecule has 2 aliphatic rings. The molecule has 1 fully saturated rings. The van der Waals surface area contributed by atoms with Crippen molar-refractivity contribution in [2.75, 3.05) is 32.7 Å². The van der Waals surface area contributed by atoms with E-state index in [0.29, 0.717) is 12.1 Å². The van der Waals surface area contributed by atoms with Crippen molar-refractivity contribution < 1.29 is 9.53 Å². The van der Waals surface area contributed by atoms with E-state index in [1.165, 1.54) is 11.1 Å². The Kier molecular flexibility index (Phi) is 9.93. The number of carbonyl (C=O) groups excluding carboxylic acids is 1. The molecule has 0 aliphatic carbocycles. The fourth-order valence-electron chi connectivity index (χ4n) is 4.73. The van der Waals surface area contributed by atoms with Crippen LogP contribution >= 0.6 is 0 Å². The number of benzene rings is 2. The molecular formula is C30H43N3O2. The van der Waals surface area contributed by atoms with Crippen molar-refractivity contribution in [1.29, 1.82) is 0 Å². The molecule has 35 heavy (non-hydrogen) atoms. The minimum Gasteiger partial charge on any atom is -0.482 e. The van der Waals surface area contributed by atoms with Gasteiger partial charge in [0.1, 0.15) is 11.4 Å². The van der Waals surface area contributed by atoms with E-state index in [1.807, 2.05) is 32.0 Å². The zero-order chi connectivity index (χ0) is 25.3. The minimum absolute atomic E-state index is 0.0317. The first-order chi connectivity index (χ1) is 17.1. The van der Waals surface area contributed by atoms with Gasteiger partial charge >= 0.3 is 0 Å². The monoisotopic (exact) mass is 477 g/mol. The van der Waals surface area contributed by atoms with Gasteiger partial charge in [-0.25, -0.2) is 0 Å². The second-order valence-corrected chi connectivity index (χ2v) is 9.10. The molecule has 190 valence electrons. The van der Waals surface area contributed by atoms with Crippen molar-refractivity contribution in [3.63, 3.8) is 0 Å². The van der Waals surface area contributed by atoms with Gasteiger partial charge in [-0.05, 0) is 73.6 Å². The number of hydrogen-bond acceptors (Lipinski definition) is 4. The normalized spacial score (nSPS) is 16.0. The molecule has 4 rings (SSSR count). The first kappa shape index (κ1) is 27.0. The van der Waals surface area contributed by atoms with E-state index >= 15 is 0 Å². The summed E-state index contributed by atoms with van der Waals surface area (Å²) in [5.41, 5.74) is 5.04. The van der Waals surface area contributed by atoms with Gasteiger partial charge in [-0.3, -0.25) is 9.69 Å². The van der Waals surface area contributed by atoms with Gasteiger partial charge in [0.05, 0.1) is 0 Å². The maximum atomic E-state index is 12.6. The molecule has 5 nitrogen and oxygen atoms in total. The zero-order valence-electron chi connectivity index (χ0n) is 22.2. The van der Waals surface area contributed by atoms with Gasteiger partial charge in [0.15, 0.2) is 0 Å². The highest BCUT2D eigenvalue weighted by Gasteiger charge is 2.37. The average Bonchev–Trinajstić information content (AvgIpc) is 2.91. The number of nitrogens with one attached hydrogen (secondary N) is 2. The summed E-state index contributed by atoms with van der Waals surface area (Å²) >= 11 is 0. The molecule has 1 saturated heterocycles. The molecule has 0 radical (unpaired) electrons. The molecule has 1 spiro atoms. The topological polar surface area (TPSA) is 53.6 Å². The second kappa shape index (κ2) is 12.9. The van der Waals surface area contributed by atoms with Crippen molar-refractivity contribution in [3.05, 3.63) is 70.8 Å². The van der Waals surface area contributed by atoms with Gasteiger partial charge in [-0.2, -0.15) is 0 Å². The fraction of sp³-hybridized carbons (Fsp3) is 0.500. The van der Waals surface area contributed by atoms with Crippen molar-refractivity contribution in [1.82, 2.24) is 15.5 Å². The number of ether oxygens (including phenoxy) is 1. The predicted molar refractivity (Wildman–Crippen MR) is 146 cm³/mol. The van der Waals surface area contributed by atoms with Crippen LogP contribution in [0, 0.1) is 0 Å². The van der Waals surface area contributed by atoms with E-state index in [0.717, 1.165) is 68.9 Å². The smallest absolute Gasteiger partial charge is 0.251 e. The molecule has 0 unspecified atom stereocenters. The second-order valence-electron chi connectivity index (χ2n) is 9.10. The zero-order valence-corrected chi connectivity index (χ0v) is 22.2. The Morgan fingerprint density at radius 2 is 1.71 bits per heavy atom. The van der Waals surface area contributed by atoms with E-state index in [9.17, 15) is 4.79 Å². The third-order valence-corrected chi connectivity index (χ3v) is 6.80. The lowest BCUT2D eigenvalue weighted by Crippen LogP contribution is -2.46. The van der Waals surface area contributed by atoms with Crippen molar-refractivity contribution in [3.8, 4) is 5.75 Å². The maximum Gasteiger partial charge on any atom is 0.251 e. The maximum absolute atomic E-state index is 12.6. The largest absolute Gasteiger partial charge is 0.482 e. The van der Waals surface area contributed by atoms with Crippen LogP contribution in [-0.4, -0.2) is 49.1 Å². The van der Waals surface area contributed by atoms with E-state index in [4.69, 9.17) is 4.74 Å². The standard InChI is InChI=1S/C28H37N3O2.C2H6/c1-4-15-30-27(32)23-11-12-26-24(18-23)25(19-28(33-26)13-16-29-17-14-28)22-9-7-21(8-10-22)20-31(5-2)6-3;1-2/h7-12,18-19,29H,4-6,13-17,20H2,1-3H3,(H,30,32);1-2H3. The van der Waals surface area contributed by atoms with E-state index < -0.39 is 0 Å². The van der Waals surface area contributed by atoms with Gasteiger partial charge in [0, 0.05) is 37.1 Å². The van der Waals surface area contributed by atoms with Gasteiger partial charge in [-0.1, -0.05) is 58.9 Å². The molecule has 2 N–H and O–H groups in total. The van der Waals surface area contributed by atoms with Crippen LogP contribution in [-0.2, 0) is 6.54 Å². The third kappa shape index (κ3) is 6.53. The van der Waals surface area contributed by atoms with Gasteiger partial charge in [-0.15, -0.1) is 0 Å². The lowest BCUT2D eigenvalue weighted by atomic mass is 9.83. The Balaban J connectivity index is 0.00000167. The number of rotatable bonds is 8. The number of fused-ring (bicyclic) bond motifs is 1. The van der Waals surface area contributed by atoms with Crippen molar-refractivity contribution in [2.45, 2.75) is 66.0 Å². The van der Waals surface area contributed by atoms with Crippen LogP contribution < -0.4 is 15.4 Å². The molecule has 1 amide bonds. The van der Waals surface area contributed by atoms with Crippen LogP contribution in [0.15, 0.2) is 48.5 Å². The van der Waals surface area contributed by atoms with E-state index in [1.54, 1.807) is 0 Å². The lowest BCUT2D eigenvalue weighted by Gasteiger charge is -2.40. The summed E-state index contributed by atoms with van der Waals surface area (Å²) in [6.45, 7) is 16.1. The van der Waals surface area contributed by atoms with Crippen LogP contribution in [0.5, 0.6) is 5.75 Å². The molecule has 0 atom stereocenters. The molecule has 2 heterocycles. The number of hydrogen-bond donors (Lipinski definition) is 2. The molecule has 0 aromatic heterocycles. The van der Waals surface area contributed by atoms with E-state index in [-0.39, 0.29) is 11.5 Å². The number of carbonyl (C=O) groups is 1. The van der Waals surface area contributed by atoms with Crippen LogP contribution in [0.2, 0.25) is 0 Å². The summed E-state index contributed by atoms with van der Waals surface area (Å²) in [5, 5.41) is 6.44. The first-order valence-electron chi connectivity index (χ1n) is 13.4. The summed E-state index contributed by atoms with van der Waals surface area (Å²) in [5.74, 6) is 0.837. The highest BCUT2D eigenvalue weighted by molar-refractivity contribution is 5.96. The summed E-state index contributed by atoms with van der Waals surface area (Å²) in [6, 6.07) is 14.8. The minimum atomic E-state index is -0.292. The molecular weight excluding hydrogens is 434 g/mol. The van der Waals surface area contributed by atoms with E-state index in [2.05, 4.69) is 66.6 Å². The highest BCUT2D eigenvalue weighted by Crippen LogP contribution is 2.43. The van der Waals surface area contributed by atoms with Crippen LogP contribution in [0.25, 0.3) is 5.57 Å². The first-order valence-corrected chi connectivity index (χ1v) is 13.4. The average molecular weight is 478 g/mol. The third-order valence-electron chi connectivity index (χ3n) is 6.80. The Morgan fingerprint density at radius 1 is 1.03 bits per heavy atom. The molecule has 5 heteroatoms. The summed E-state index contributed by atoms with van der Waals surface area (Å²) < 4.78 is 6.58. The predicted octanol–water partition coefficient (Wildman–Crippen LogP) is 5.64. The summed E-state index contributed by atoms with van der Waals surface area (Å²) in [6.07, 6.45) is 5.11. The highest BCUT2D eigenvalue weighted by atomic mass is 16.5.